The molecule has 1 aromatic carbocycles. The van der Waals surface area contributed by atoms with E-state index in [1.807, 2.05) is 6.07 Å². The van der Waals surface area contributed by atoms with E-state index >= 15 is 0 Å². The second kappa shape index (κ2) is 11.8. The third-order valence-electron chi connectivity index (χ3n) is 6.09. The van der Waals surface area contributed by atoms with Crippen LogP contribution in [0.4, 0.5) is 4.39 Å². The Morgan fingerprint density at radius 1 is 1.00 bits per heavy atom. The van der Waals surface area contributed by atoms with E-state index in [0.29, 0.717) is 49.1 Å². The Hall–Kier alpha value is -2.46. The lowest BCUT2D eigenvalue weighted by Crippen LogP contribution is -2.43. The highest BCUT2D eigenvalue weighted by atomic mass is 35.5. The van der Waals surface area contributed by atoms with Crippen LogP contribution in [0.3, 0.4) is 0 Å². The maximum absolute atomic E-state index is 13.5. The molecule has 0 unspecified atom stereocenters. The number of benzene rings is 1. The van der Waals surface area contributed by atoms with E-state index in [4.69, 9.17) is 9.47 Å². The zero-order chi connectivity index (χ0) is 21.9. The van der Waals surface area contributed by atoms with E-state index in [2.05, 4.69) is 20.2 Å². The minimum absolute atomic E-state index is 0. The Kier molecular flexibility index (Phi) is 9.07. The molecule has 34 heavy (non-hydrogen) atoms. The molecular formula is C23H28Cl2FN5O3. The van der Waals surface area contributed by atoms with Crippen molar-refractivity contribution in [2.24, 2.45) is 0 Å². The van der Waals surface area contributed by atoms with E-state index in [9.17, 15) is 9.18 Å². The minimum atomic E-state index is -0.351. The highest BCUT2D eigenvalue weighted by Crippen LogP contribution is 2.29. The number of piperidine rings is 1. The van der Waals surface area contributed by atoms with Crippen LogP contribution < -0.4 is 20.3 Å². The highest BCUT2D eigenvalue weighted by molar-refractivity contribution is 5.85. The lowest BCUT2D eigenvalue weighted by atomic mass is 10.0. The molecule has 1 fully saturated rings. The molecule has 2 aromatic heterocycles. The number of fused-ring (bicyclic) bond motifs is 2. The Balaban J connectivity index is 0.00000162. The number of aromatic nitrogens is 3. The summed E-state index contributed by atoms with van der Waals surface area (Å²) < 4.78 is 26.3. The van der Waals surface area contributed by atoms with Crippen LogP contribution in [-0.4, -0.2) is 58.3 Å². The fourth-order valence-electron chi connectivity index (χ4n) is 4.31. The molecule has 0 aliphatic carbocycles. The lowest BCUT2D eigenvalue weighted by Gasteiger charge is -2.32. The molecule has 0 spiro atoms. The molecule has 3 aromatic rings. The Morgan fingerprint density at radius 2 is 1.76 bits per heavy atom. The summed E-state index contributed by atoms with van der Waals surface area (Å²) in [5.41, 5.74) is 1.95. The van der Waals surface area contributed by atoms with Crippen molar-refractivity contribution in [3.8, 4) is 11.5 Å². The number of nitrogens with zero attached hydrogens (tertiary/aromatic N) is 4. The second-order valence-corrected chi connectivity index (χ2v) is 8.20. The maximum atomic E-state index is 13.5. The molecule has 1 N–H and O–H groups in total. The van der Waals surface area contributed by atoms with Gasteiger partial charge >= 0.3 is 0 Å². The van der Waals surface area contributed by atoms with Gasteiger partial charge in [0.05, 0.1) is 29.1 Å². The fourth-order valence-corrected chi connectivity index (χ4v) is 4.31. The largest absolute Gasteiger partial charge is 0.486 e. The van der Waals surface area contributed by atoms with Crippen LogP contribution in [0.25, 0.3) is 11.0 Å². The molecular weight excluding hydrogens is 484 g/mol. The molecule has 1 saturated heterocycles. The quantitative estimate of drug-likeness (QED) is 0.544. The summed E-state index contributed by atoms with van der Waals surface area (Å²) in [4.78, 5) is 23.2. The molecule has 0 bridgehead atoms. The standard InChI is InChI=1S/C23H26FN5O3.2ClH/c24-16-1-2-20-19(11-16)27-15-23(30)29(20)8-7-28-5-3-17(4-6-28)25-13-18-12-21-22(14-26-18)32-10-9-31-21;;/h1-2,11-12,14-15,17,25H,3-10,13H2;2*1H. The molecule has 4 heterocycles. The van der Waals surface area contributed by atoms with Crippen LogP contribution >= 0.6 is 24.8 Å². The zero-order valence-corrected chi connectivity index (χ0v) is 20.2. The molecule has 8 nitrogen and oxygen atoms in total. The van der Waals surface area contributed by atoms with E-state index in [-0.39, 0.29) is 36.2 Å². The van der Waals surface area contributed by atoms with Gasteiger partial charge in [0, 0.05) is 37.8 Å². The third-order valence-corrected chi connectivity index (χ3v) is 6.09. The Bertz CT molecular complexity index is 1170. The van der Waals surface area contributed by atoms with Crippen molar-refractivity contribution in [2.75, 3.05) is 32.8 Å². The van der Waals surface area contributed by atoms with Gasteiger partial charge in [-0.1, -0.05) is 0 Å². The predicted molar refractivity (Wildman–Crippen MR) is 132 cm³/mol. The second-order valence-electron chi connectivity index (χ2n) is 8.20. The minimum Gasteiger partial charge on any atom is -0.486 e. The molecule has 0 saturated carbocycles. The van der Waals surface area contributed by atoms with E-state index in [0.717, 1.165) is 43.9 Å². The number of ether oxygens (including phenoxy) is 2. The summed E-state index contributed by atoms with van der Waals surface area (Å²) in [6.07, 6.45) is 5.06. The van der Waals surface area contributed by atoms with Crippen molar-refractivity contribution in [2.45, 2.75) is 32.0 Å². The average Bonchev–Trinajstić information content (AvgIpc) is 2.83. The van der Waals surface area contributed by atoms with Gasteiger partial charge in [-0.3, -0.25) is 9.78 Å². The van der Waals surface area contributed by atoms with Gasteiger partial charge in [-0.15, -0.1) is 24.8 Å². The van der Waals surface area contributed by atoms with E-state index in [1.54, 1.807) is 16.8 Å². The SMILES string of the molecule is Cl.Cl.O=c1cnc2cc(F)ccc2n1CCN1CCC(NCc2cc3c(cn2)OCCO3)CC1. The number of hydrogen-bond donors (Lipinski definition) is 1. The van der Waals surface area contributed by atoms with Gasteiger partial charge in [-0.05, 0) is 38.1 Å². The van der Waals surface area contributed by atoms with Gasteiger partial charge in [0.2, 0.25) is 0 Å². The third kappa shape index (κ3) is 5.96. The van der Waals surface area contributed by atoms with Gasteiger partial charge in [-0.2, -0.15) is 0 Å². The number of halogens is 3. The van der Waals surface area contributed by atoms with Crippen molar-refractivity contribution < 1.29 is 13.9 Å². The summed E-state index contributed by atoms with van der Waals surface area (Å²) in [6.45, 7) is 5.07. The van der Waals surface area contributed by atoms with Crippen LogP contribution in [0.15, 0.2) is 41.5 Å². The first-order valence-electron chi connectivity index (χ1n) is 11.0. The summed E-state index contributed by atoms with van der Waals surface area (Å²) >= 11 is 0. The van der Waals surface area contributed by atoms with Crippen LogP contribution in [0.5, 0.6) is 11.5 Å². The Morgan fingerprint density at radius 3 is 2.56 bits per heavy atom. The molecule has 0 atom stereocenters. The lowest BCUT2D eigenvalue weighted by molar-refractivity contribution is 0.170. The zero-order valence-electron chi connectivity index (χ0n) is 18.6. The van der Waals surface area contributed by atoms with Gasteiger partial charge in [-0.25, -0.2) is 9.37 Å². The fraction of sp³-hybridized carbons (Fsp3) is 0.435. The van der Waals surface area contributed by atoms with Crippen molar-refractivity contribution in [3.05, 3.63) is 58.5 Å². The summed E-state index contributed by atoms with van der Waals surface area (Å²) in [7, 11) is 0. The smallest absolute Gasteiger partial charge is 0.269 e. The first-order chi connectivity index (χ1) is 15.7. The number of pyridine rings is 1. The number of likely N-dealkylation sites (tertiary alicyclic amines) is 1. The molecule has 0 radical (unpaired) electrons. The van der Waals surface area contributed by atoms with Crippen molar-refractivity contribution in [1.82, 2.24) is 24.8 Å². The van der Waals surface area contributed by atoms with Crippen LogP contribution in [0.1, 0.15) is 18.5 Å². The first-order valence-corrected chi connectivity index (χ1v) is 11.0. The van der Waals surface area contributed by atoms with Crippen molar-refractivity contribution >= 4 is 35.8 Å². The van der Waals surface area contributed by atoms with Gasteiger partial charge in [0.25, 0.3) is 5.56 Å². The van der Waals surface area contributed by atoms with Gasteiger partial charge in [0.15, 0.2) is 11.5 Å². The van der Waals surface area contributed by atoms with Gasteiger partial charge in [0.1, 0.15) is 19.0 Å². The van der Waals surface area contributed by atoms with E-state index in [1.165, 1.54) is 18.3 Å². The molecule has 5 rings (SSSR count). The van der Waals surface area contributed by atoms with Crippen LogP contribution in [0.2, 0.25) is 0 Å². The normalized spacial score (nSPS) is 16.0. The number of rotatable bonds is 6. The molecule has 2 aliphatic rings. The Labute approximate surface area is 209 Å². The summed E-state index contributed by atoms with van der Waals surface area (Å²) in [5, 5.41) is 3.59. The van der Waals surface area contributed by atoms with Crippen LogP contribution in [0, 0.1) is 5.82 Å². The number of hydrogen-bond acceptors (Lipinski definition) is 7. The maximum Gasteiger partial charge on any atom is 0.269 e. The van der Waals surface area contributed by atoms with Crippen molar-refractivity contribution in [3.63, 3.8) is 0 Å². The summed E-state index contributed by atoms with van der Waals surface area (Å²) in [5.74, 6) is 1.12. The number of nitrogens with one attached hydrogen (secondary N) is 1. The van der Waals surface area contributed by atoms with E-state index < -0.39 is 0 Å². The molecule has 184 valence electrons. The monoisotopic (exact) mass is 511 g/mol. The van der Waals surface area contributed by atoms with Crippen molar-refractivity contribution in [1.29, 1.82) is 0 Å². The highest BCUT2D eigenvalue weighted by Gasteiger charge is 2.20. The van der Waals surface area contributed by atoms with Crippen LogP contribution in [-0.2, 0) is 13.1 Å². The summed E-state index contributed by atoms with van der Waals surface area (Å²) in [6, 6.07) is 6.72. The average molecular weight is 512 g/mol. The molecule has 0 amide bonds. The first kappa shape index (κ1) is 26.2. The molecule has 11 heteroatoms. The molecule has 2 aliphatic heterocycles. The topological polar surface area (TPSA) is 81.5 Å². The van der Waals surface area contributed by atoms with Gasteiger partial charge < -0.3 is 24.3 Å². The predicted octanol–water partition coefficient (Wildman–Crippen LogP) is 2.80.